The van der Waals surface area contributed by atoms with Gasteiger partial charge in [-0.2, -0.15) is 0 Å². The van der Waals surface area contributed by atoms with Crippen molar-refractivity contribution in [1.29, 1.82) is 0 Å². The van der Waals surface area contributed by atoms with Gasteiger partial charge < -0.3 is 18.6 Å². The van der Waals surface area contributed by atoms with Crippen molar-refractivity contribution in [3.63, 3.8) is 0 Å². The molecule has 6 heteroatoms. The van der Waals surface area contributed by atoms with E-state index in [-0.39, 0.29) is 36.6 Å². The lowest BCUT2D eigenvalue weighted by Gasteiger charge is -2.32. The summed E-state index contributed by atoms with van der Waals surface area (Å²) in [6, 6.07) is 0. The number of allylic oxidation sites excluding steroid dienone is 1. The van der Waals surface area contributed by atoms with Gasteiger partial charge in [-0.15, -0.1) is 0 Å². The molecule has 0 amide bonds. The Morgan fingerprint density at radius 3 is 1.45 bits per heavy atom. The van der Waals surface area contributed by atoms with Gasteiger partial charge in [0.1, 0.15) is 0 Å². The van der Waals surface area contributed by atoms with Gasteiger partial charge in [0.25, 0.3) is 0 Å². The maximum atomic E-state index is 6.13. The highest BCUT2D eigenvalue weighted by Crippen LogP contribution is 2.40. The van der Waals surface area contributed by atoms with Crippen molar-refractivity contribution in [2.45, 2.75) is 91.1 Å². The standard InChI is InChI=1S/C16H30B2O4/c1-10-12(18-21-15(6,7)16(8,9)22-18)11-17-19-13(2,3)14(4,5)20-17/h11H,10H2,1-9H3. The average molecular weight is 308 g/mol. The molecule has 0 aromatic rings. The molecule has 0 radical (unpaired) electrons. The summed E-state index contributed by atoms with van der Waals surface area (Å²) >= 11 is 0. The first-order valence-electron chi connectivity index (χ1n) is 8.23. The minimum Gasteiger partial charge on any atom is -0.400 e. The van der Waals surface area contributed by atoms with E-state index in [0.29, 0.717) is 0 Å². The molecule has 0 bridgehead atoms. The Kier molecular flexibility index (Phi) is 4.41. The fourth-order valence-corrected chi connectivity index (χ4v) is 2.49. The number of hydrogen-bond donors (Lipinski definition) is 0. The van der Waals surface area contributed by atoms with Crippen LogP contribution in [0.1, 0.15) is 68.7 Å². The topological polar surface area (TPSA) is 36.9 Å². The molecule has 0 saturated carbocycles. The van der Waals surface area contributed by atoms with Gasteiger partial charge in [-0.1, -0.05) is 12.9 Å². The predicted molar refractivity (Wildman–Crippen MR) is 90.5 cm³/mol. The van der Waals surface area contributed by atoms with Crippen molar-refractivity contribution in [2.75, 3.05) is 0 Å². The van der Waals surface area contributed by atoms with Crippen LogP contribution in [0.3, 0.4) is 0 Å². The normalized spacial score (nSPS) is 29.2. The van der Waals surface area contributed by atoms with Crippen molar-refractivity contribution < 1.29 is 18.6 Å². The fraction of sp³-hybridized carbons (Fsp3) is 0.875. The molecule has 0 unspecified atom stereocenters. The van der Waals surface area contributed by atoms with Gasteiger partial charge in [0, 0.05) is 0 Å². The molecule has 2 heterocycles. The molecule has 2 aliphatic heterocycles. The van der Waals surface area contributed by atoms with Crippen molar-refractivity contribution in [3.05, 3.63) is 11.4 Å². The van der Waals surface area contributed by atoms with E-state index in [1.165, 1.54) is 0 Å². The second-order valence-corrected chi connectivity index (χ2v) is 8.31. The van der Waals surface area contributed by atoms with Gasteiger partial charge in [0.2, 0.25) is 0 Å². The second kappa shape index (κ2) is 5.37. The summed E-state index contributed by atoms with van der Waals surface area (Å²) in [7, 11) is -0.701. The van der Waals surface area contributed by atoms with Crippen LogP contribution in [0.2, 0.25) is 0 Å². The van der Waals surface area contributed by atoms with Crippen LogP contribution in [0.15, 0.2) is 11.4 Å². The molecule has 124 valence electrons. The monoisotopic (exact) mass is 308 g/mol. The predicted octanol–water partition coefficient (Wildman–Crippen LogP) is 3.59. The van der Waals surface area contributed by atoms with Crippen LogP contribution >= 0.6 is 0 Å². The van der Waals surface area contributed by atoms with Crippen molar-refractivity contribution >= 4 is 14.2 Å². The second-order valence-electron chi connectivity index (χ2n) is 8.31. The third kappa shape index (κ3) is 3.03. The Hall–Kier alpha value is -0.290. The van der Waals surface area contributed by atoms with Crippen LogP contribution in [0.5, 0.6) is 0 Å². The Balaban J connectivity index is 2.17. The molecule has 4 nitrogen and oxygen atoms in total. The molecule has 0 aromatic heterocycles. The van der Waals surface area contributed by atoms with Crippen LogP contribution in [0.25, 0.3) is 0 Å². The maximum absolute atomic E-state index is 6.13. The summed E-state index contributed by atoms with van der Waals surface area (Å²) in [5, 5.41) is 0. The lowest BCUT2D eigenvalue weighted by atomic mass is 9.70. The van der Waals surface area contributed by atoms with E-state index in [9.17, 15) is 0 Å². The zero-order chi connectivity index (χ0) is 17.0. The molecular weight excluding hydrogens is 278 g/mol. The number of hydrogen-bond acceptors (Lipinski definition) is 4. The molecule has 0 aliphatic carbocycles. The zero-order valence-electron chi connectivity index (χ0n) is 15.6. The maximum Gasteiger partial charge on any atom is 0.489 e. The van der Waals surface area contributed by atoms with Crippen molar-refractivity contribution in [2.24, 2.45) is 0 Å². The summed E-state index contributed by atoms with van der Waals surface area (Å²) in [4.78, 5) is 0. The minimum atomic E-state index is -0.362. The van der Waals surface area contributed by atoms with Gasteiger partial charge in [-0.25, -0.2) is 0 Å². The molecule has 22 heavy (non-hydrogen) atoms. The summed E-state index contributed by atoms with van der Waals surface area (Å²) in [5.74, 6) is 2.01. The van der Waals surface area contributed by atoms with E-state index < -0.39 is 0 Å². The molecule has 2 aliphatic rings. The summed E-state index contributed by atoms with van der Waals surface area (Å²) in [5.41, 5.74) is -0.257. The third-order valence-corrected chi connectivity index (χ3v) is 5.59. The molecule has 0 N–H and O–H groups in total. The van der Waals surface area contributed by atoms with Crippen molar-refractivity contribution in [3.8, 4) is 0 Å². The Morgan fingerprint density at radius 2 is 1.09 bits per heavy atom. The Morgan fingerprint density at radius 1 is 0.727 bits per heavy atom. The number of rotatable bonds is 3. The van der Waals surface area contributed by atoms with Crippen LogP contribution < -0.4 is 0 Å². The highest BCUT2D eigenvalue weighted by Gasteiger charge is 2.54. The fourth-order valence-electron chi connectivity index (χ4n) is 2.49. The van der Waals surface area contributed by atoms with E-state index >= 15 is 0 Å². The zero-order valence-corrected chi connectivity index (χ0v) is 15.6. The van der Waals surface area contributed by atoms with Gasteiger partial charge in [0.05, 0.1) is 22.4 Å². The molecule has 0 spiro atoms. The van der Waals surface area contributed by atoms with E-state index in [1.54, 1.807) is 0 Å². The molecule has 2 saturated heterocycles. The van der Waals surface area contributed by atoms with E-state index in [0.717, 1.165) is 11.9 Å². The van der Waals surface area contributed by atoms with Gasteiger partial charge in [-0.3, -0.25) is 0 Å². The highest BCUT2D eigenvalue weighted by atomic mass is 16.7. The third-order valence-electron chi connectivity index (χ3n) is 5.59. The van der Waals surface area contributed by atoms with Crippen molar-refractivity contribution in [1.82, 2.24) is 0 Å². The molecule has 2 rings (SSSR count). The van der Waals surface area contributed by atoms with Gasteiger partial charge in [-0.05, 0) is 67.3 Å². The lowest BCUT2D eigenvalue weighted by molar-refractivity contribution is 0.00578. The van der Waals surface area contributed by atoms with Crippen LogP contribution in [-0.2, 0) is 18.6 Å². The summed E-state index contributed by atoms with van der Waals surface area (Å²) < 4.78 is 24.4. The van der Waals surface area contributed by atoms with Gasteiger partial charge >= 0.3 is 14.2 Å². The van der Waals surface area contributed by atoms with Crippen LogP contribution in [0.4, 0.5) is 0 Å². The molecule has 2 fully saturated rings. The Bertz CT molecular complexity index is 437. The van der Waals surface area contributed by atoms with E-state index in [2.05, 4.69) is 62.3 Å². The molecule has 0 atom stereocenters. The summed E-state index contributed by atoms with van der Waals surface area (Å²) in [6.45, 7) is 18.6. The largest absolute Gasteiger partial charge is 0.489 e. The van der Waals surface area contributed by atoms with Crippen LogP contribution in [-0.4, -0.2) is 36.6 Å². The smallest absolute Gasteiger partial charge is 0.400 e. The van der Waals surface area contributed by atoms with Gasteiger partial charge in [0.15, 0.2) is 0 Å². The average Bonchev–Trinajstić information content (AvgIpc) is 2.65. The highest BCUT2D eigenvalue weighted by molar-refractivity contribution is 6.60. The molecular formula is C16H30B2O4. The lowest BCUT2D eigenvalue weighted by Crippen LogP contribution is -2.41. The summed E-state index contributed by atoms with van der Waals surface area (Å²) in [6.07, 6.45) is 0.834. The quantitative estimate of drug-likeness (QED) is 0.747. The first kappa shape index (κ1) is 18.1. The van der Waals surface area contributed by atoms with Crippen LogP contribution in [0, 0.1) is 0 Å². The Labute approximate surface area is 136 Å². The first-order valence-corrected chi connectivity index (χ1v) is 8.23. The molecule has 0 aromatic carbocycles. The minimum absolute atomic E-state index is 0.330. The van der Waals surface area contributed by atoms with E-state index in [1.807, 2.05) is 5.98 Å². The van der Waals surface area contributed by atoms with E-state index in [4.69, 9.17) is 18.6 Å². The SMILES string of the molecule is CCC(=CB1OC(C)(C)C(C)(C)O1)B1OC(C)(C)C(C)(C)O1. The first-order chi connectivity index (χ1) is 9.81.